The largest absolute Gasteiger partial charge is 0.493 e. The minimum Gasteiger partial charge on any atom is -0.493 e. The van der Waals surface area contributed by atoms with Gasteiger partial charge in [0.25, 0.3) is 11.8 Å². The van der Waals surface area contributed by atoms with Crippen LogP contribution in [0.4, 0.5) is 0 Å². The molecule has 2 amide bonds. The van der Waals surface area contributed by atoms with Gasteiger partial charge in [0.2, 0.25) is 5.75 Å². The molecule has 0 bridgehead atoms. The van der Waals surface area contributed by atoms with Crippen LogP contribution in [0.5, 0.6) is 23.0 Å². The van der Waals surface area contributed by atoms with E-state index in [0.29, 0.717) is 28.6 Å². The molecule has 0 spiro atoms. The lowest BCUT2D eigenvalue weighted by Crippen LogP contribution is -2.23. The Morgan fingerprint density at radius 2 is 1.62 bits per heavy atom. The van der Waals surface area contributed by atoms with E-state index in [1.807, 2.05) is 0 Å². The molecule has 0 fully saturated rings. The van der Waals surface area contributed by atoms with Crippen LogP contribution < -0.4 is 30.0 Å². The number of nitrogens with one attached hydrogen (secondary N) is 1. The van der Waals surface area contributed by atoms with Crippen molar-refractivity contribution in [3.63, 3.8) is 0 Å². The number of hydrogen-bond acceptors (Lipinski definition) is 6. The van der Waals surface area contributed by atoms with Gasteiger partial charge in [-0.1, -0.05) is 24.0 Å². The maximum atomic E-state index is 12.3. The SMILES string of the molecule is COc1cc(C(=O)NCC#CCOc2ccccc2C(N)=O)cc(OC)c1OC. The molecule has 0 radical (unpaired) electrons. The molecule has 152 valence electrons. The summed E-state index contributed by atoms with van der Waals surface area (Å²) in [5, 5.41) is 2.67. The molecule has 8 nitrogen and oxygen atoms in total. The molecule has 0 saturated carbocycles. The van der Waals surface area contributed by atoms with Gasteiger partial charge in [0.05, 0.1) is 33.4 Å². The fourth-order valence-corrected chi connectivity index (χ4v) is 2.46. The Hall–Kier alpha value is -3.86. The number of hydrogen-bond donors (Lipinski definition) is 2. The van der Waals surface area contributed by atoms with Crippen molar-refractivity contribution in [2.75, 3.05) is 34.5 Å². The Morgan fingerprint density at radius 1 is 0.966 bits per heavy atom. The monoisotopic (exact) mass is 398 g/mol. The van der Waals surface area contributed by atoms with E-state index in [-0.39, 0.29) is 24.6 Å². The number of methoxy groups -OCH3 is 3. The Kier molecular flexibility index (Phi) is 7.74. The van der Waals surface area contributed by atoms with Crippen LogP contribution in [0.2, 0.25) is 0 Å². The number of rotatable bonds is 8. The van der Waals surface area contributed by atoms with E-state index >= 15 is 0 Å². The maximum absolute atomic E-state index is 12.3. The highest BCUT2D eigenvalue weighted by Gasteiger charge is 2.16. The van der Waals surface area contributed by atoms with Crippen LogP contribution in [-0.4, -0.2) is 46.3 Å². The lowest BCUT2D eigenvalue weighted by molar-refractivity contribution is 0.0956. The predicted octanol–water partition coefficient (Wildman–Crippen LogP) is 1.62. The molecule has 0 unspecified atom stereocenters. The second-order valence-corrected chi connectivity index (χ2v) is 5.60. The van der Waals surface area contributed by atoms with Gasteiger partial charge in [0.15, 0.2) is 11.5 Å². The molecule has 0 aliphatic heterocycles. The first-order valence-electron chi connectivity index (χ1n) is 8.57. The molecule has 8 heteroatoms. The van der Waals surface area contributed by atoms with Crippen LogP contribution in [0.25, 0.3) is 0 Å². The molecule has 0 saturated heterocycles. The van der Waals surface area contributed by atoms with Gasteiger partial charge in [-0.05, 0) is 24.3 Å². The Bertz CT molecular complexity index is 921. The summed E-state index contributed by atoms with van der Waals surface area (Å²) in [5.74, 6) is 6.13. The van der Waals surface area contributed by atoms with E-state index in [0.717, 1.165) is 0 Å². The molecule has 0 atom stereocenters. The third kappa shape index (κ3) is 5.56. The van der Waals surface area contributed by atoms with Gasteiger partial charge in [-0.2, -0.15) is 0 Å². The van der Waals surface area contributed by atoms with Gasteiger partial charge in [-0.25, -0.2) is 0 Å². The van der Waals surface area contributed by atoms with Gasteiger partial charge < -0.3 is 30.0 Å². The first kappa shape index (κ1) is 21.4. The lowest BCUT2D eigenvalue weighted by Gasteiger charge is -2.13. The summed E-state index contributed by atoms with van der Waals surface area (Å²) in [6.45, 7) is 0.153. The van der Waals surface area contributed by atoms with Crippen molar-refractivity contribution in [3.05, 3.63) is 47.5 Å². The standard InChI is InChI=1S/C21H22N2O6/c1-26-17-12-14(13-18(27-2)19(17)28-3)21(25)23-10-6-7-11-29-16-9-5-4-8-15(16)20(22)24/h4-5,8-9,12-13H,10-11H2,1-3H3,(H2,22,24)(H,23,25). The fraction of sp³-hybridized carbons (Fsp3) is 0.238. The molecule has 2 aromatic carbocycles. The quantitative estimate of drug-likeness (QED) is 0.654. The summed E-state index contributed by atoms with van der Waals surface area (Å²) in [5.41, 5.74) is 5.91. The number of para-hydroxylation sites is 1. The molecule has 0 heterocycles. The summed E-state index contributed by atoms with van der Waals surface area (Å²) in [6.07, 6.45) is 0. The molecule has 0 aliphatic rings. The number of carbonyl (C=O) groups excluding carboxylic acids is 2. The minimum atomic E-state index is -0.578. The first-order valence-corrected chi connectivity index (χ1v) is 8.57. The van der Waals surface area contributed by atoms with Gasteiger partial charge in [0.1, 0.15) is 12.4 Å². The zero-order chi connectivity index (χ0) is 21.2. The zero-order valence-electron chi connectivity index (χ0n) is 16.4. The van der Waals surface area contributed by atoms with E-state index < -0.39 is 5.91 Å². The van der Waals surface area contributed by atoms with Crippen LogP contribution in [-0.2, 0) is 0 Å². The number of benzene rings is 2. The van der Waals surface area contributed by atoms with Crippen molar-refractivity contribution in [2.24, 2.45) is 5.73 Å². The fourth-order valence-electron chi connectivity index (χ4n) is 2.46. The molecule has 0 aromatic heterocycles. The minimum absolute atomic E-state index is 0.0460. The molecular weight excluding hydrogens is 376 g/mol. The van der Waals surface area contributed by atoms with Gasteiger partial charge in [-0.15, -0.1) is 0 Å². The van der Waals surface area contributed by atoms with E-state index in [1.54, 1.807) is 36.4 Å². The summed E-state index contributed by atoms with van der Waals surface area (Å²) in [6, 6.07) is 9.73. The van der Waals surface area contributed by atoms with Gasteiger partial charge >= 0.3 is 0 Å². The number of primary amides is 1. The van der Waals surface area contributed by atoms with Crippen LogP contribution in [0.3, 0.4) is 0 Å². The van der Waals surface area contributed by atoms with E-state index in [1.165, 1.54) is 21.3 Å². The summed E-state index contributed by atoms with van der Waals surface area (Å²) in [4.78, 5) is 23.7. The number of carbonyl (C=O) groups is 2. The average molecular weight is 398 g/mol. The molecule has 2 rings (SSSR count). The van der Waals surface area contributed by atoms with Crippen LogP contribution in [0.1, 0.15) is 20.7 Å². The van der Waals surface area contributed by atoms with E-state index in [9.17, 15) is 9.59 Å². The van der Waals surface area contributed by atoms with Crippen molar-refractivity contribution in [1.82, 2.24) is 5.32 Å². The van der Waals surface area contributed by atoms with Crippen LogP contribution in [0, 0.1) is 11.8 Å². The Morgan fingerprint density at radius 3 is 2.21 bits per heavy atom. The smallest absolute Gasteiger partial charge is 0.252 e. The van der Waals surface area contributed by atoms with Crippen LogP contribution in [0.15, 0.2) is 36.4 Å². The maximum Gasteiger partial charge on any atom is 0.252 e. The van der Waals surface area contributed by atoms with Gasteiger partial charge in [0, 0.05) is 5.56 Å². The Labute approximate surface area is 168 Å². The molecule has 0 aliphatic carbocycles. The van der Waals surface area contributed by atoms with Gasteiger partial charge in [-0.3, -0.25) is 9.59 Å². The second-order valence-electron chi connectivity index (χ2n) is 5.60. The molecule has 3 N–H and O–H groups in total. The van der Waals surface area contributed by atoms with Crippen molar-refractivity contribution < 1.29 is 28.5 Å². The zero-order valence-corrected chi connectivity index (χ0v) is 16.4. The van der Waals surface area contributed by atoms with Crippen molar-refractivity contribution in [1.29, 1.82) is 0 Å². The normalized spacial score (nSPS) is 9.62. The number of amides is 2. The van der Waals surface area contributed by atoms with E-state index in [4.69, 9.17) is 24.7 Å². The van der Waals surface area contributed by atoms with Crippen molar-refractivity contribution in [2.45, 2.75) is 0 Å². The highest BCUT2D eigenvalue weighted by Crippen LogP contribution is 2.38. The van der Waals surface area contributed by atoms with Crippen LogP contribution >= 0.6 is 0 Å². The highest BCUT2D eigenvalue weighted by molar-refractivity contribution is 5.96. The van der Waals surface area contributed by atoms with E-state index in [2.05, 4.69) is 17.2 Å². The third-order valence-electron chi connectivity index (χ3n) is 3.84. The number of nitrogens with two attached hydrogens (primary N) is 1. The second kappa shape index (κ2) is 10.5. The summed E-state index contributed by atoms with van der Waals surface area (Å²) in [7, 11) is 4.43. The molecule has 29 heavy (non-hydrogen) atoms. The third-order valence-corrected chi connectivity index (χ3v) is 3.84. The highest BCUT2D eigenvalue weighted by atomic mass is 16.5. The number of ether oxygens (including phenoxy) is 4. The summed E-state index contributed by atoms with van der Waals surface area (Å²) >= 11 is 0. The molecular formula is C21H22N2O6. The molecule has 2 aromatic rings. The Balaban J connectivity index is 1.94. The average Bonchev–Trinajstić information content (AvgIpc) is 2.74. The predicted molar refractivity (Wildman–Crippen MR) is 107 cm³/mol. The summed E-state index contributed by atoms with van der Waals surface area (Å²) < 4.78 is 21.1. The van der Waals surface area contributed by atoms with Crippen molar-refractivity contribution >= 4 is 11.8 Å². The van der Waals surface area contributed by atoms with Crippen molar-refractivity contribution in [3.8, 4) is 34.8 Å². The first-order chi connectivity index (χ1) is 14.0. The topological polar surface area (TPSA) is 109 Å². The lowest BCUT2D eigenvalue weighted by atomic mass is 10.1.